The van der Waals surface area contributed by atoms with Crippen molar-refractivity contribution in [3.05, 3.63) is 58.8 Å². The number of amides is 1. The van der Waals surface area contributed by atoms with Crippen LogP contribution in [0.15, 0.2) is 47.7 Å². The molecule has 2 aromatic heterocycles. The van der Waals surface area contributed by atoms with Crippen molar-refractivity contribution in [2.45, 2.75) is 12.7 Å². The van der Waals surface area contributed by atoms with E-state index in [-0.39, 0.29) is 29.2 Å². The predicted molar refractivity (Wildman–Crippen MR) is 88.3 cm³/mol. The molecule has 0 fully saturated rings. The Balaban J connectivity index is 1.67. The number of H-pyrrole nitrogens is 1. The maximum Gasteiger partial charge on any atom is 0.409 e. The van der Waals surface area contributed by atoms with E-state index in [1.165, 1.54) is 41.5 Å². The lowest BCUT2D eigenvalue weighted by Crippen LogP contribution is -2.20. The Kier molecular flexibility index (Phi) is 4.57. The van der Waals surface area contributed by atoms with Crippen LogP contribution in [0.2, 0.25) is 0 Å². The van der Waals surface area contributed by atoms with E-state index in [9.17, 15) is 22.8 Å². The molecular weight excluding hydrogens is 351 g/mol. The summed E-state index contributed by atoms with van der Waals surface area (Å²) in [5.74, 6) is -0.421. The molecule has 0 spiro atoms. The average molecular weight is 363 g/mol. The van der Waals surface area contributed by atoms with Crippen molar-refractivity contribution in [2.75, 3.05) is 5.32 Å². The molecule has 0 bridgehead atoms. The molecular formula is C16H12F3N5O2. The molecule has 10 heteroatoms. The Morgan fingerprint density at radius 3 is 2.69 bits per heavy atom. The topological polar surface area (TPSA) is 92.7 Å². The quantitative estimate of drug-likeness (QED) is 0.744. The van der Waals surface area contributed by atoms with Crippen molar-refractivity contribution in [3.63, 3.8) is 0 Å². The number of nitrogens with zero attached hydrogens (tertiary/aromatic N) is 3. The first-order valence-corrected chi connectivity index (χ1v) is 7.37. The van der Waals surface area contributed by atoms with Crippen molar-refractivity contribution < 1.29 is 18.0 Å². The van der Waals surface area contributed by atoms with Gasteiger partial charge in [-0.25, -0.2) is 9.67 Å². The van der Waals surface area contributed by atoms with E-state index < -0.39 is 12.1 Å². The average Bonchev–Trinajstić information content (AvgIpc) is 2.98. The van der Waals surface area contributed by atoms with Crippen LogP contribution in [0.3, 0.4) is 0 Å². The lowest BCUT2D eigenvalue weighted by atomic mass is 10.2. The van der Waals surface area contributed by atoms with Gasteiger partial charge in [0.2, 0.25) is 5.91 Å². The van der Waals surface area contributed by atoms with Crippen molar-refractivity contribution in [2.24, 2.45) is 0 Å². The lowest BCUT2D eigenvalue weighted by Gasteiger charge is -2.06. The van der Waals surface area contributed by atoms with Gasteiger partial charge in [-0.1, -0.05) is 18.2 Å². The van der Waals surface area contributed by atoms with Crippen LogP contribution in [-0.2, 0) is 11.3 Å². The highest BCUT2D eigenvalue weighted by Gasteiger charge is 2.21. The number of carbonyl (C=O) groups is 1. The molecule has 3 aromatic rings. The molecule has 0 radical (unpaired) electrons. The minimum absolute atomic E-state index is 0.137. The van der Waals surface area contributed by atoms with E-state index in [2.05, 4.69) is 20.4 Å². The summed E-state index contributed by atoms with van der Waals surface area (Å²) in [6.07, 6.45) is -0.776. The number of benzene rings is 1. The Bertz CT molecular complexity index is 1020. The van der Waals surface area contributed by atoms with Crippen molar-refractivity contribution in [3.8, 4) is 0 Å². The number of alkyl halides is 3. The number of fused-ring (bicyclic) bond motifs is 1. The summed E-state index contributed by atoms with van der Waals surface area (Å²) in [7, 11) is 0. The van der Waals surface area contributed by atoms with Crippen LogP contribution >= 0.6 is 0 Å². The van der Waals surface area contributed by atoms with Crippen LogP contribution in [0.4, 0.5) is 18.9 Å². The van der Waals surface area contributed by atoms with E-state index in [0.717, 1.165) is 6.08 Å². The molecule has 3 rings (SSSR count). The molecule has 0 atom stereocenters. The second kappa shape index (κ2) is 6.82. The van der Waals surface area contributed by atoms with Gasteiger partial charge in [-0.15, -0.1) is 0 Å². The third-order valence-corrected chi connectivity index (χ3v) is 3.39. The smallest absolute Gasteiger partial charge is 0.324 e. The number of halogens is 3. The summed E-state index contributed by atoms with van der Waals surface area (Å²) in [5, 5.41) is 6.82. The summed E-state index contributed by atoms with van der Waals surface area (Å²) < 4.78 is 37.7. The number of allylic oxidation sites excluding steroid dienone is 1. The third kappa shape index (κ3) is 4.15. The molecule has 2 N–H and O–H groups in total. The van der Waals surface area contributed by atoms with Gasteiger partial charge in [-0.05, 0) is 17.7 Å². The van der Waals surface area contributed by atoms with Gasteiger partial charge in [-0.3, -0.25) is 9.59 Å². The number of rotatable bonds is 4. The zero-order chi connectivity index (χ0) is 18.7. The summed E-state index contributed by atoms with van der Waals surface area (Å²) in [5.41, 5.74) is 0.684. The zero-order valence-corrected chi connectivity index (χ0v) is 13.1. The Morgan fingerprint density at radius 1 is 1.27 bits per heavy atom. The minimum atomic E-state index is -4.38. The van der Waals surface area contributed by atoms with Crippen LogP contribution in [0.1, 0.15) is 5.56 Å². The second-order valence-electron chi connectivity index (χ2n) is 5.32. The highest BCUT2D eigenvalue weighted by Crippen LogP contribution is 2.19. The monoisotopic (exact) mass is 363 g/mol. The molecule has 0 saturated heterocycles. The second-order valence-corrected chi connectivity index (χ2v) is 5.32. The van der Waals surface area contributed by atoms with Crippen LogP contribution < -0.4 is 10.9 Å². The van der Waals surface area contributed by atoms with Gasteiger partial charge in [0, 0.05) is 11.8 Å². The molecule has 0 aliphatic rings. The number of carbonyl (C=O) groups excluding carboxylic acids is 1. The molecule has 1 aromatic carbocycles. The van der Waals surface area contributed by atoms with Gasteiger partial charge >= 0.3 is 6.18 Å². The normalized spacial score (nSPS) is 12.0. The van der Waals surface area contributed by atoms with E-state index >= 15 is 0 Å². The van der Waals surface area contributed by atoms with Gasteiger partial charge in [0.05, 0.1) is 12.5 Å². The Hall–Kier alpha value is -3.43. The van der Waals surface area contributed by atoms with Crippen LogP contribution in [0, 0.1) is 0 Å². The Morgan fingerprint density at radius 2 is 2.00 bits per heavy atom. The highest BCUT2D eigenvalue weighted by atomic mass is 19.4. The van der Waals surface area contributed by atoms with Crippen molar-refractivity contribution >= 4 is 28.7 Å². The maximum absolute atomic E-state index is 12.1. The van der Waals surface area contributed by atoms with Crippen molar-refractivity contribution in [1.82, 2.24) is 19.7 Å². The fourth-order valence-electron chi connectivity index (χ4n) is 2.23. The maximum atomic E-state index is 12.1. The standard InChI is InChI=1S/C16H12F3N5O2/c17-16(18,19)6-5-10-1-3-11(4-2-10)23-13(25)8-24-14-12(7-22-24)15(26)21-9-20-14/h1-7,9H,8H2,(H,23,25)(H,20,21,26)/b6-5+. The molecule has 26 heavy (non-hydrogen) atoms. The van der Waals surface area contributed by atoms with Crippen LogP contribution in [0.25, 0.3) is 17.1 Å². The molecule has 0 saturated carbocycles. The SMILES string of the molecule is O=C(Cn1ncc2c(=O)[nH]cnc21)Nc1ccc(/C=C/C(F)(F)F)cc1. The van der Waals surface area contributed by atoms with Crippen molar-refractivity contribution in [1.29, 1.82) is 0 Å². The molecule has 0 aliphatic carbocycles. The molecule has 2 heterocycles. The number of nitrogens with one attached hydrogen (secondary N) is 2. The molecule has 0 aliphatic heterocycles. The van der Waals surface area contributed by atoms with E-state index in [4.69, 9.17) is 0 Å². The van der Waals surface area contributed by atoms with E-state index in [1.54, 1.807) is 0 Å². The fourth-order valence-corrected chi connectivity index (χ4v) is 2.23. The number of aromatic nitrogens is 4. The number of hydrogen-bond acceptors (Lipinski definition) is 4. The van der Waals surface area contributed by atoms with Gasteiger partial charge in [0.1, 0.15) is 11.9 Å². The van der Waals surface area contributed by atoms with Gasteiger partial charge in [-0.2, -0.15) is 18.3 Å². The summed E-state index contributed by atoms with van der Waals surface area (Å²) in [6, 6.07) is 5.86. The first-order chi connectivity index (χ1) is 12.3. The summed E-state index contributed by atoms with van der Waals surface area (Å²) in [4.78, 5) is 30.1. The fraction of sp³-hybridized carbons (Fsp3) is 0.125. The van der Waals surface area contributed by atoms with Gasteiger partial charge < -0.3 is 10.3 Å². The van der Waals surface area contributed by atoms with E-state index in [1.807, 2.05) is 0 Å². The van der Waals surface area contributed by atoms with Gasteiger partial charge in [0.15, 0.2) is 5.65 Å². The minimum Gasteiger partial charge on any atom is -0.324 e. The third-order valence-electron chi connectivity index (χ3n) is 3.39. The lowest BCUT2D eigenvalue weighted by molar-refractivity contribution is -0.116. The molecule has 134 valence electrons. The Labute approximate surface area is 144 Å². The van der Waals surface area contributed by atoms with E-state index in [0.29, 0.717) is 11.3 Å². The largest absolute Gasteiger partial charge is 0.409 e. The highest BCUT2D eigenvalue weighted by molar-refractivity contribution is 5.91. The predicted octanol–water partition coefficient (Wildman–Crippen LogP) is 2.33. The zero-order valence-electron chi connectivity index (χ0n) is 13.1. The number of aromatic amines is 1. The molecule has 1 amide bonds. The first-order valence-electron chi connectivity index (χ1n) is 7.37. The molecule has 0 unspecified atom stereocenters. The number of anilines is 1. The summed E-state index contributed by atoms with van der Waals surface area (Å²) >= 11 is 0. The van der Waals surface area contributed by atoms with Gasteiger partial charge in [0.25, 0.3) is 5.56 Å². The van der Waals surface area contributed by atoms with Crippen LogP contribution in [-0.4, -0.2) is 31.8 Å². The molecule has 7 nitrogen and oxygen atoms in total. The van der Waals surface area contributed by atoms with Crippen LogP contribution in [0.5, 0.6) is 0 Å². The number of hydrogen-bond donors (Lipinski definition) is 2. The summed E-state index contributed by atoms with van der Waals surface area (Å²) in [6.45, 7) is -0.171. The first kappa shape index (κ1) is 17.4.